The summed E-state index contributed by atoms with van der Waals surface area (Å²) in [5.41, 5.74) is 4.02. The van der Waals surface area contributed by atoms with E-state index in [1.165, 1.54) is 0 Å². The molecule has 2 rings (SSSR count). The van der Waals surface area contributed by atoms with Gasteiger partial charge >= 0.3 is 6.03 Å². The smallest absolute Gasteiger partial charge is 0.320 e. The molecule has 0 heterocycles. The van der Waals surface area contributed by atoms with Gasteiger partial charge in [-0.15, -0.1) is 0 Å². The van der Waals surface area contributed by atoms with Crippen LogP contribution >= 0.6 is 11.6 Å². The summed E-state index contributed by atoms with van der Waals surface area (Å²) in [5, 5.41) is 3.78. The van der Waals surface area contributed by atoms with Crippen LogP contribution in [0, 0.1) is 19.3 Å². The molecule has 0 saturated carbocycles. The van der Waals surface area contributed by atoms with Crippen LogP contribution in [-0.2, 0) is 6.54 Å². The fourth-order valence-corrected chi connectivity index (χ4v) is 2.85. The van der Waals surface area contributed by atoms with E-state index < -0.39 is 0 Å². The van der Waals surface area contributed by atoms with Crippen molar-refractivity contribution in [1.29, 1.82) is 0 Å². The number of nitrogens with zero attached hydrogens (tertiary/aromatic N) is 1. The number of rotatable bonds is 5. The van der Waals surface area contributed by atoms with Gasteiger partial charge in [0.15, 0.2) is 0 Å². The molecule has 2 aromatic rings. The van der Waals surface area contributed by atoms with Crippen molar-refractivity contribution in [2.75, 3.05) is 11.9 Å². The Hall–Kier alpha value is -2.00. The number of halogens is 1. The van der Waals surface area contributed by atoms with Crippen LogP contribution in [0.5, 0.6) is 0 Å². The van der Waals surface area contributed by atoms with Crippen molar-refractivity contribution >= 4 is 23.3 Å². The second kappa shape index (κ2) is 8.59. The molecule has 0 spiro atoms. The van der Waals surface area contributed by atoms with Gasteiger partial charge in [-0.1, -0.05) is 62.7 Å². The standard InChI is InChI=1S/C22H29ClN2O/c1-16-14-20(17(2)13-19(16)23)24-21(26)25(12-11-22(3,4)5)15-18-9-7-6-8-10-18/h6-10,13-14H,11-12,15H2,1-5H3,(H,24,26). The lowest BCUT2D eigenvalue weighted by Gasteiger charge is -2.27. The van der Waals surface area contributed by atoms with Crippen molar-refractivity contribution in [2.24, 2.45) is 5.41 Å². The van der Waals surface area contributed by atoms with Crippen LogP contribution in [-0.4, -0.2) is 17.5 Å². The summed E-state index contributed by atoms with van der Waals surface area (Å²) in [6.45, 7) is 11.8. The van der Waals surface area contributed by atoms with Crippen LogP contribution in [0.25, 0.3) is 0 Å². The Bertz CT molecular complexity index is 751. The third-order valence-corrected chi connectivity index (χ3v) is 4.79. The highest BCUT2D eigenvalue weighted by Crippen LogP contribution is 2.25. The monoisotopic (exact) mass is 372 g/mol. The highest BCUT2D eigenvalue weighted by molar-refractivity contribution is 6.31. The molecule has 2 aromatic carbocycles. The van der Waals surface area contributed by atoms with Crippen LogP contribution in [0.1, 0.15) is 43.9 Å². The van der Waals surface area contributed by atoms with E-state index in [9.17, 15) is 4.79 Å². The van der Waals surface area contributed by atoms with Crippen molar-refractivity contribution < 1.29 is 4.79 Å². The van der Waals surface area contributed by atoms with E-state index >= 15 is 0 Å². The second-order valence-corrected chi connectivity index (χ2v) is 8.47. The maximum absolute atomic E-state index is 13.0. The molecule has 140 valence electrons. The van der Waals surface area contributed by atoms with Gasteiger partial charge < -0.3 is 10.2 Å². The number of hydrogen-bond acceptors (Lipinski definition) is 1. The first kappa shape index (κ1) is 20.3. The lowest BCUT2D eigenvalue weighted by Crippen LogP contribution is -2.36. The maximum atomic E-state index is 13.0. The number of benzene rings is 2. The quantitative estimate of drug-likeness (QED) is 0.644. The first-order valence-corrected chi connectivity index (χ1v) is 9.40. The molecule has 3 nitrogen and oxygen atoms in total. The first-order chi connectivity index (χ1) is 12.2. The normalized spacial score (nSPS) is 11.3. The first-order valence-electron chi connectivity index (χ1n) is 9.02. The summed E-state index contributed by atoms with van der Waals surface area (Å²) in [5.74, 6) is 0. The van der Waals surface area contributed by atoms with Gasteiger partial charge in [-0.05, 0) is 54.5 Å². The van der Waals surface area contributed by atoms with Crippen molar-refractivity contribution in [3.8, 4) is 0 Å². The fraction of sp³-hybridized carbons (Fsp3) is 0.409. The van der Waals surface area contributed by atoms with Gasteiger partial charge in [0.2, 0.25) is 0 Å². The summed E-state index contributed by atoms with van der Waals surface area (Å²) >= 11 is 6.17. The Morgan fingerprint density at radius 2 is 1.73 bits per heavy atom. The lowest BCUT2D eigenvalue weighted by molar-refractivity contribution is 0.198. The number of amides is 2. The average molecular weight is 373 g/mol. The van der Waals surface area contributed by atoms with Crippen LogP contribution in [0.4, 0.5) is 10.5 Å². The van der Waals surface area contributed by atoms with E-state index in [-0.39, 0.29) is 11.4 Å². The minimum atomic E-state index is -0.0806. The van der Waals surface area contributed by atoms with Gasteiger partial charge in [-0.2, -0.15) is 0 Å². The Morgan fingerprint density at radius 1 is 1.08 bits per heavy atom. The molecular formula is C22H29ClN2O. The van der Waals surface area contributed by atoms with Crippen molar-refractivity contribution in [1.82, 2.24) is 4.90 Å². The summed E-state index contributed by atoms with van der Waals surface area (Å²) in [4.78, 5) is 14.8. The molecule has 2 amide bonds. The third-order valence-electron chi connectivity index (χ3n) is 4.38. The van der Waals surface area contributed by atoms with E-state index in [0.717, 1.165) is 33.8 Å². The van der Waals surface area contributed by atoms with Crippen molar-refractivity contribution in [2.45, 2.75) is 47.6 Å². The van der Waals surface area contributed by atoms with E-state index in [0.29, 0.717) is 13.1 Å². The molecule has 4 heteroatoms. The van der Waals surface area contributed by atoms with Gasteiger partial charge in [-0.3, -0.25) is 0 Å². The molecule has 0 aliphatic rings. The Kier molecular flexibility index (Phi) is 6.71. The van der Waals surface area contributed by atoms with E-state index in [2.05, 4.69) is 38.2 Å². The van der Waals surface area contributed by atoms with Crippen LogP contribution in [0.2, 0.25) is 5.02 Å². The highest BCUT2D eigenvalue weighted by atomic mass is 35.5. The molecule has 0 saturated heterocycles. The Balaban J connectivity index is 2.17. The molecule has 26 heavy (non-hydrogen) atoms. The minimum Gasteiger partial charge on any atom is -0.320 e. The molecular weight excluding hydrogens is 344 g/mol. The molecule has 0 atom stereocenters. The summed E-state index contributed by atoms with van der Waals surface area (Å²) < 4.78 is 0. The zero-order valence-corrected chi connectivity index (χ0v) is 17.2. The van der Waals surface area contributed by atoms with Gasteiger partial charge in [0.1, 0.15) is 0 Å². The van der Waals surface area contributed by atoms with E-state index in [1.54, 1.807) is 0 Å². The number of carbonyl (C=O) groups excluding carboxylic acids is 1. The molecule has 0 unspecified atom stereocenters. The van der Waals surface area contributed by atoms with Crippen molar-refractivity contribution in [3.63, 3.8) is 0 Å². The molecule has 0 aromatic heterocycles. The molecule has 0 fully saturated rings. The molecule has 0 bridgehead atoms. The lowest BCUT2D eigenvalue weighted by atomic mass is 9.92. The number of anilines is 1. The van der Waals surface area contributed by atoms with Gasteiger partial charge in [0.25, 0.3) is 0 Å². The number of hydrogen-bond donors (Lipinski definition) is 1. The Labute approximate surface area is 162 Å². The zero-order valence-electron chi connectivity index (χ0n) is 16.4. The second-order valence-electron chi connectivity index (χ2n) is 8.06. The topological polar surface area (TPSA) is 32.3 Å². The average Bonchev–Trinajstić information content (AvgIpc) is 2.56. The molecule has 0 aliphatic heterocycles. The molecule has 1 N–H and O–H groups in total. The predicted octanol–water partition coefficient (Wildman–Crippen LogP) is 6.43. The highest BCUT2D eigenvalue weighted by Gasteiger charge is 2.19. The predicted molar refractivity (Wildman–Crippen MR) is 111 cm³/mol. The van der Waals surface area contributed by atoms with Crippen LogP contribution in [0.15, 0.2) is 42.5 Å². The summed E-state index contributed by atoms with van der Waals surface area (Å²) in [6, 6.07) is 13.8. The van der Waals surface area contributed by atoms with Gasteiger partial charge in [-0.25, -0.2) is 4.79 Å². The van der Waals surface area contributed by atoms with E-state index in [1.807, 2.05) is 49.1 Å². The van der Waals surface area contributed by atoms with Gasteiger partial charge in [0.05, 0.1) is 0 Å². The maximum Gasteiger partial charge on any atom is 0.322 e. The minimum absolute atomic E-state index is 0.0806. The Morgan fingerprint density at radius 3 is 2.35 bits per heavy atom. The molecule has 0 radical (unpaired) electrons. The number of aryl methyl sites for hydroxylation is 2. The third kappa shape index (κ3) is 6.06. The number of nitrogens with one attached hydrogen (secondary N) is 1. The summed E-state index contributed by atoms with van der Waals surface area (Å²) in [6.07, 6.45) is 0.936. The largest absolute Gasteiger partial charge is 0.322 e. The van der Waals surface area contributed by atoms with Crippen LogP contribution in [0.3, 0.4) is 0 Å². The van der Waals surface area contributed by atoms with Crippen molar-refractivity contribution in [3.05, 3.63) is 64.2 Å². The zero-order chi connectivity index (χ0) is 19.3. The fourth-order valence-electron chi connectivity index (χ4n) is 2.64. The van der Waals surface area contributed by atoms with E-state index in [4.69, 9.17) is 11.6 Å². The molecule has 0 aliphatic carbocycles. The SMILES string of the molecule is Cc1cc(NC(=O)N(CCC(C)(C)C)Cc2ccccc2)c(C)cc1Cl. The summed E-state index contributed by atoms with van der Waals surface area (Å²) in [7, 11) is 0. The van der Waals surface area contributed by atoms with Crippen LogP contribution < -0.4 is 5.32 Å². The van der Waals surface area contributed by atoms with Gasteiger partial charge in [0, 0.05) is 23.8 Å². The number of carbonyl (C=O) groups is 1. The number of urea groups is 1.